The molecule has 0 aliphatic heterocycles. The molecule has 0 aliphatic rings. The fourth-order valence-electron chi connectivity index (χ4n) is 2.74. The lowest BCUT2D eigenvalue weighted by atomic mass is 10.1. The minimum atomic E-state index is -0.454. The summed E-state index contributed by atoms with van der Waals surface area (Å²) in [6.07, 6.45) is 1.49. The normalized spacial score (nSPS) is 11.3. The number of ether oxygens (including phenoxy) is 1. The number of esters is 1. The Hall–Kier alpha value is -3.13. The first kappa shape index (κ1) is 16.3. The molecule has 4 aromatic rings. The van der Waals surface area contributed by atoms with Crippen LogP contribution in [0.3, 0.4) is 0 Å². The number of aryl methyl sites for hydroxylation is 1. The van der Waals surface area contributed by atoms with E-state index in [4.69, 9.17) is 9.15 Å². The highest BCUT2D eigenvalue weighted by Gasteiger charge is 2.13. The summed E-state index contributed by atoms with van der Waals surface area (Å²) < 4.78 is 12.1. The van der Waals surface area contributed by atoms with Gasteiger partial charge in [-0.15, -0.1) is 11.3 Å². The second-order valence-corrected chi connectivity index (χ2v) is 6.70. The zero-order chi connectivity index (χ0) is 18.3. The quantitative estimate of drug-likeness (QED) is 0.555. The number of benzene rings is 1. The van der Waals surface area contributed by atoms with E-state index in [2.05, 4.69) is 4.98 Å². The van der Waals surface area contributed by atoms with Gasteiger partial charge in [-0.2, -0.15) is 0 Å². The average molecular weight is 370 g/mol. The summed E-state index contributed by atoms with van der Waals surface area (Å²) in [7, 11) is 0. The Morgan fingerprint density at radius 2 is 2.23 bits per heavy atom. The first-order valence-corrected chi connectivity index (χ1v) is 8.71. The molecule has 8 heteroatoms. The summed E-state index contributed by atoms with van der Waals surface area (Å²) in [5.74, 6) is -0.359. The Balaban J connectivity index is 1.47. The number of hydrogen-bond acceptors (Lipinski definition) is 7. The zero-order valence-corrected chi connectivity index (χ0v) is 14.6. The van der Waals surface area contributed by atoms with Crippen LogP contribution in [0.2, 0.25) is 0 Å². The number of fused-ring (bicyclic) bond motifs is 2. The molecular formula is C18H14N2O5S. The van der Waals surface area contributed by atoms with Crippen LogP contribution in [-0.4, -0.2) is 20.5 Å². The molecule has 0 spiro atoms. The predicted octanol–water partition coefficient (Wildman–Crippen LogP) is 2.80. The molecular weight excluding hydrogens is 356 g/mol. The predicted molar refractivity (Wildman–Crippen MR) is 95.5 cm³/mol. The molecule has 1 N–H and O–H groups in total. The van der Waals surface area contributed by atoms with Crippen LogP contribution in [0.1, 0.15) is 17.0 Å². The van der Waals surface area contributed by atoms with Crippen LogP contribution in [0.4, 0.5) is 0 Å². The number of rotatable bonds is 4. The fraction of sp³-hybridized carbons (Fsp3) is 0.167. The van der Waals surface area contributed by atoms with Crippen LogP contribution in [0.15, 0.2) is 45.1 Å². The topological polar surface area (TPSA) is 94.0 Å². The van der Waals surface area contributed by atoms with Gasteiger partial charge in [0.25, 0.3) is 5.56 Å². The number of furan rings is 1. The maximum absolute atomic E-state index is 12.1. The highest BCUT2D eigenvalue weighted by molar-refractivity contribution is 7.15. The molecule has 4 rings (SSSR count). The van der Waals surface area contributed by atoms with E-state index in [0.29, 0.717) is 21.8 Å². The SMILES string of the molecule is Cc1csc2nc(COC(=O)Cc3coc4cc(O)ccc34)cc(=O)n12. The van der Waals surface area contributed by atoms with Crippen LogP contribution in [0.5, 0.6) is 5.75 Å². The van der Waals surface area contributed by atoms with Gasteiger partial charge in [-0.05, 0) is 19.1 Å². The van der Waals surface area contributed by atoms with E-state index in [1.54, 1.807) is 6.07 Å². The van der Waals surface area contributed by atoms with Gasteiger partial charge in [0.1, 0.15) is 17.9 Å². The maximum atomic E-state index is 12.1. The van der Waals surface area contributed by atoms with Gasteiger partial charge < -0.3 is 14.3 Å². The van der Waals surface area contributed by atoms with Gasteiger partial charge in [-0.1, -0.05) is 0 Å². The third kappa shape index (κ3) is 2.95. The molecule has 1 aromatic carbocycles. The summed E-state index contributed by atoms with van der Waals surface area (Å²) in [5, 5.41) is 12.0. The number of aromatic hydroxyl groups is 1. The highest BCUT2D eigenvalue weighted by atomic mass is 32.1. The van der Waals surface area contributed by atoms with E-state index in [1.165, 1.54) is 40.2 Å². The lowest BCUT2D eigenvalue weighted by Crippen LogP contribution is -2.16. The smallest absolute Gasteiger partial charge is 0.310 e. The van der Waals surface area contributed by atoms with Crippen molar-refractivity contribution in [2.75, 3.05) is 0 Å². The highest BCUT2D eigenvalue weighted by Crippen LogP contribution is 2.25. The number of carbonyl (C=O) groups is 1. The van der Waals surface area contributed by atoms with Crippen LogP contribution < -0.4 is 5.56 Å². The number of phenolic OH excluding ortho intramolecular Hbond substituents is 1. The largest absolute Gasteiger partial charge is 0.508 e. The third-order valence-corrected chi connectivity index (χ3v) is 4.93. The molecule has 0 unspecified atom stereocenters. The van der Waals surface area contributed by atoms with Gasteiger partial charge >= 0.3 is 5.97 Å². The van der Waals surface area contributed by atoms with E-state index in [9.17, 15) is 14.7 Å². The maximum Gasteiger partial charge on any atom is 0.310 e. The molecule has 0 bridgehead atoms. The summed E-state index contributed by atoms with van der Waals surface area (Å²) >= 11 is 1.36. The Labute approximate surface area is 151 Å². The van der Waals surface area contributed by atoms with Crippen molar-refractivity contribution in [3.63, 3.8) is 0 Å². The van der Waals surface area contributed by atoms with E-state index in [-0.39, 0.29) is 24.3 Å². The van der Waals surface area contributed by atoms with Gasteiger partial charge in [0, 0.05) is 34.2 Å². The molecule has 132 valence electrons. The first-order chi connectivity index (χ1) is 12.5. The van der Waals surface area contributed by atoms with Crippen molar-refractivity contribution in [1.29, 1.82) is 0 Å². The summed E-state index contributed by atoms with van der Waals surface area (Å²) in [6.45, 7) is 1.76. The minimum Gasteiger partial charge on any atom is -0.508 e. The second kappa shape index (κ2) is 6.30. The van der Waals surface area contributed by atoms with Gasteiger partial charge in [0.15, 0.2) is 4.96 Å². The van der Waals surface area contributed by atoms with E-state index < -0.39 is 5.97 Å². The number of aromatic nitrogens is 2. The Kier molecular flexibility index (Phi) is 3.96. The van der Waals surface area contributed by atoms with Crippen molar-refractivity contribution in [2.24, 2.45) is 0 Å². The Morgan fingerprint density at radius 1 is 1.38 bits per heavy atom. The molecule has 0 saturated heterocycles. The van der Waals surface area contributed by atoms with E-state index in [1.807, 2.05) is 12.3 Å². The summed E-state index contributed by atoms with van der Waals surface area (Å²) in [5.41, 5.74) is 2.21. The molecule has 0 atom stereocenters. The van der Waals surface area contributed by atoms with Crippen molar-refractivity contribution in [1.82, 2.24) is 9.38 Å². The molecule has 3 heterocycles. The van der Waals surface area contributed by atoms with Crippen molar-refractivity contribution in [3.8, 4) is 5.75 Å². The number of thiazole rings is 1. The van der Waals surface area contributed by atoms with Crippen molar-refractivity contribution >= 4 is 33.2 Å². The zero-order valence-electron chi connectivity index (χ0n) is 13.8. The second-order valence-electron chi connectivity index (χ2n) is 5.86. The molecule has 0 fully saturated rings. The molecule has 0 aliphatic carbocycles. The Bertz CT molecular complexity index is 1190. The van der Waals surface area contributed by atoms with Crippen LogP contribution >= 0.6 is 11.3 Å². The monoisotopic (exact) mass is 370 g/mol. The van der Waals surface area contributed by atoms with Crippen molar-refractivity contribution in [2.45, 2.75) is 20.0 Å². The number of hydrogen-bond donors (Lipinski definition) is 1. The molecule has 0 saturated carbocycles. The molecule has 7 nitrogen and oxygen atoms in total. The van der Waals surface area contributed by atoms with Gasteiger partial charge in [-0.3, -0.25) is 14.0 Å². The van der Waals surface area contributed by atoms with Crippen LogP contribution in [0.25, 0.3) is 15.9 Å². The van der Waals surface area contributed by atoms with Crippen molar-refractivity contribution in [3.05, 3.63) is 63.2 Å². The molecule has 0 amide bonds. The number of phenols is 1. The fourth-order valence-corrected chi connectivity index (χ4v) is 3.64. The lowest BCUT2D eigenvalue weighted by molar-refractivity contribution is -0.144. The Morgan fingerprint density at radius 3 is 3.08 bits per heavy atom. The average Bonchev–Trinajstić information content (AvgIpc) is 3.17. The molecule has 26 heavy (non-hydrogen) atoms. The first-order valence-electron chi connectivity index (χ1n) is 7.83. The lowest BCUT2D eigenvalue weighted by Gasteiger charge is -2.04. The van der Waals surface area contributed by atoms with E-state index in [0.717, 1.165) is 11.1 Å². The van der Waals surface area contributed by atoms with E-state index >= 15 is 0 Å². The van der Waals surface area contributed by atoms with Crippen molar-refractivity contribution < 1.29 is 19.1 Å². The third-order valence-electron chi connectivity index (χ3n) is 3.98. The summed E-state index contributed by atoms with van der Waals surface area (Å²) in [4.78, 5) is 29.2. The van der Waals surface area contributed by atoms with Crippen LogP contribution in [0, 0.1) is 6.92 Å². The standard InChI is InChI=1S/C18H14N2O5S/c1-10-9-26-18-19-12(5-16(22)20(10)18)8-25-17(23)4-11-7-24-15-6-13(21)2-3-14(11)15/h2-3,5-7,9,21H,4,8H2,1H3. The van der Waals surface area contributed by atoms with Gasteiger partial charge in [-0.25, -0.2) is 4.98 Å². The van der Waals surface area contributed by atoms with Gasteiger partial charge in [0.2, 0.25) is 0 Å². The molecule has 3 aromatic heterocycles. The number of nitrogens with zero attached hydrogens (tertiary/aromatic N) is 2. The van der Waals surface area contributed by atoms with Crippen LogP contribution in [-0.2, 0) is 22.6 Å². The summed E-state index contributed by atoms with van der Waals surface area (Å²) in [6, 6.07) is 6.07. The minimum absolute atomic E-state index is 0.0249. The number of carbonyl (C=O) groups excluding carboxylic acids is 1. The van der Waals surface area contributed by atoms with Gasteiger partial charge in [0.05, 0.1) is 18.4 Å². The molecule has 0 radical (unpaired) electrons.